The lowest BCUT2D eigenvalue weighted by molar-refractivity contribution is -0.117. The first-order valence-corrected chi connectivity index (χ1v) is 8.38. The van der Waals surface area contributed by atoms with Gasteiger partial charge in [-0.2, -0.15) is 10.4 Å². The van der Waals surface area contributed by atoms with Crippen LogP contribution in [0.1, 0.15) is 30.1 Å². The largest absolute Gasteiger partial charge is 0.381 e. The number of aryl methyl sites for hydroxylation is 2. The van der Waals surface area contributed by atoms with Crippen molar-refractivity contribution in [3.63, 3.8) is 0 Å². The van der Waals surface area contributed by atoms with Crippen LogP contribution in [0.25, 0.3) is 0 Å². The van der Waals surface area contributed by atoms with Crippen LogP contribution in [0.3, 0.4) is 0 Å². The Bertz CT molecular complexity index is 773. The van der Waals surface area contributed by atoms with E-state index in [0.29, 0.717) is 44.2 Å². The monoisotopic (exact) mass is 339 g/mol. The molecule has 0 spiro atoms. The van der Waals surface area contributed by atoms with E-state index < -0.39 is 11.3 Å². The van der Waals surface area contributed by atoms with Crippen molar-refractivity contribution < 1.29 is 9.53 Å². The van der Waals surface area contributed by atoms with Crippen LogP contribution in [0.2, 0.25) is 0 Å². The van der Waals surface area contributed by atoms with E-state index >= 15 is 0 Å². The zero-order chi connectivity index (χ0) is 17.7. The molecule has 0 aliphatic carbocycles. The van der Waals surface area contributed by atoms with Gasteiger partial charge in [0.05, 0.1) is 12.5 Å². The van der Waals surface area contributed by atoms with Gasteiger partial charge in [-0.05, 0) is 24.8 Å². The van der Waals surface area contributed by atoms with Crippen molar-refractivity contribution in [3.8, 4) is 6.07 Å². The molecule has 2 heterocycles. The van der Waals surface area contributed by atoms with Crippen molar-refractivity contribution in [1.29, 1.82) is 5.26 Å². The third kappa shape index (κ3) is 3.86. The highest BCUT2D eigenvalue weighted by atomic mass is 16.5. The number of nitrogens with zero attached hydrogens (tertiary/aromatic N) is 4. The summed E-state index contributed by atoms with van der Waals surface area (Å²) >= 11 is 0. The lowest BCUT2D eigenvalue weighted by Crippen LogP contribution is -2.35. The van der Waals surface area contributed by atoms with E-state index in [0.717, 1.165) is 6.42 Å². The van der Waals surface area contributed by atoms with Crippen LogP contribution in [0.4, 0.5) is 0 Å². The average molecular weight is 339 g/mol. The van der Waals surface area contributed by atoms with E-state index in [4.69, 9.17) is 10.5 Å². The number of hydrogen-bond acceptors (Lipinski definition) is 5. The fourth-order valence-electron chi connectivity index (χ4n) is 3.11. The van der Waals surface area contributed by atoms with Gasteiger partial charge in [0.2, 0.25) is 5.91 Å². The second-order valence-corrected chi connectivity index (χ2v) is 6.26. The van der Waals surface area contributed by atoms with Crippen LogP contribution in [0, 0.1) is 11.3 Å². The number of nitriles is 1. The predicted octanol–water partition coefficient (Wildman–Crippen LogP) is 1.12. The summed E-state index contributed by atoms with van der Waals surface area (Å²) in [4.78, 5) is 15.7. The molecule has 7 heteroatoms. The highest BCUT2D eigenvalue weighted by Gasteiger charge is 2.39. The summed E-state index contributed by atoms with van der Waals surface area (Å²) in [5, 5.41) is 14.3. The maximum Gasteiger partial charge on any atom is 0.225 e. The van der Waals surface area contributed by atoms with Gasteiger partial charge < -0.3 is 10.5 Å². The molecule has 2 aromatic rings. The lowest BCUT2D eigenvalue weighted by atomic mass is 9.81. The highest BCUT2D eigenvalue weighted by molar-refractivity contribution is 5.75. The predicted molar refractivity (Wildman–Crippen MR) is 90.4 cm³/mol. The molecule has 2 N–H and O–H groups in total. The van der Waals surface area contributed by atoms with Gasteiger partial charge in [0.15, 0.2) is 5.82 Å². The van der Waals surface area contributed by atoms with E-state index in [2.05, 4.69) is 28.3 Å². The summed E-state index contributed by atoms with van der Waals surface area (Å²) < 4.78 is 7.17. The molecule has 0 atom stereocenters. The SMILES string of the molecule is N#CC1(c2nc(CC(N)=O)nn2CCc2ccccc2)CCOCC1. The van der Waals surface area contributed by atoms with Crippen molar-refractivity contribution in [3.05, 3.63) is 47.5 Å². The fourth-order valence-corrected chi connectivity index (χ4v) is 3.11. The highest BCUT2D eigenvalue weighted by Crippen LogP contribution is 2.33. The van der Waals surface area contributed by atoms with Crippen molar-refractivity contribution >= 4 is 5.91 Å². The van der Waals surface area contributed by atoms with Crippen molar-refractivity contribution in [2.75, 3.05) is 13.2 Å². The summed E-state index contributed by atoms with van der Waals surface area (Å²) in [6.07, 6.45) is 1.89. The molecule has 130 valence electrons. The molecule has 1 aliphatic rings. The smallest absolute Gasteiger partial charge is 0.225 e. The Morgan fingerprint density at radius 3 is 2.68 bits per heavy atom. The van der Waals surface area contributed by atoms with Crippen LogP contribution in [0.5, 0.6) is 0 Å². The molecular formula is C18H21N5O2. The summed E-state index contributed by atoms with van der Waals surface area (Å²) in [5.74, 6) is 0.506. The third-order valence-electron chi connectivity index (χ3n) is 4.49. The summed E-state index contributed by atoms with van der Waals surface area (Å²) in [6, 6.07) is 12.5. The number of rotatable bonds is 6. The molecule has 0 bridgehead atoms. The molecule has 1 aromatic heterocycles. The van der Waals surface area contributed by atoms with E-state index in [-0.39, 0.29) is 6.42 Å². The van der Waals surface area contributed by atoms with E-state index in [1.54, 1.807) is 4.68 Å². The number of benzene rings is 1. The normalized spacial score (nSPS) is 16.3. The van der Waals surface area contributed by atoms with Gasteiger partial charge in [0.1, 0.15) is 11.2 Å². The molecule has 1 aliphatic heterocycles. The molecule has 7 nitrogen and oxygen atoms in total. The van der Waals surface area contributed by atoms with Gasteiger partial charge in [-0.3, -0.25) is 4.79 Å². The number of hydrogen-bond donors (Lipinski definition) is 1. The molecular weight excluding hydrogens is 318 g/mol. The Labute approximate surface area is 146 Å². The minimum Gasteiger partial charge on any atom is -0.381 e. The Balaban J connectivity index is 1.90. The topological polar surface area (TPSA) is 107 Å². The van der Waals surface area contributed by atoms with Crippen molar-refractivity contribution in [2.24, 2.45) is 5.73 Å². The van der Waals surface area contributed by atoms with Gasteiger partial charge in [0, 0.05) is 19.8 Å². The van der Waals surface area contributed by atoms with Crippen LogP contribution >= 0.6 is 0 Å². The van der Waals surface area contributed by atoms with Gasteiger partial charge in [-0.25, -0.2) is 9.67 Å². The maximum absolute atomic E-state index is 11.2. The Morgan fingerprint density at radius 2 is 2.04 bits per heavy atom. The van der Waals surface area contributed by atoms with E-state index in [1.165, 1.54) is 5.56 Å². The van der Waals surface area contributed by atoms with Crippen LogP contribution < -0.4 is 5.73 Å². The van der Waals surface area contributed by atoms with Gasteiger partial charge >= 0.3 is 0 Å². The summed E-state index contributed by atoms with van der Waals surface area (Å²) in [7, 11) is 0. The molecule has 25 heavy (non-hydrogen) atoms. The first-order valence-electron chi connectivity index (χ1n) is 8.38. The number of carbonyl (C=O) groups is 1. The molecule has 1 saturated heterocycles. The standard InChI is InChI=1S/C18H21N5O2/c19-13-18(7-10-25-11-8-18)17-21-16(12-15(20)24)22-23(17)9-6-14-4-2-1-3-5-14/h1-5H,6-12H2,(H2,20,24). The van der Waals surface area contributed by atoms with E-state index in [1.807, 2.05) is 18.2 Å². The number of nitrogens with two attached hydrogens (primary N) is 1. The first-order chi connectivity index (χ1) is 12.1. The number of primary amides is 1. The number of amides is 1. The van der Waals surface area contributed by atoms with Gasteiger partial charge in [-0.1, -0.05) is 30.3 Å². The molecule has 1 fully saturated rings. The maximum atomic E-state index is 11.2. The molecule has 0 saturated carbocycles. The second kappa shape index (κ2) is 7.45. The number of carbonyl (C=O) groups excluding carboxylic acids is 1. The third-order valence-corrected chi connectivity index (χ3v) is 4.49. The number of aromatic nitrogens is 3. The zero-order valence-electron chi connectivity index (χ0n) is 14.0. The minimum absolute atomic E-state index is 0.0245. The summed E-state index contributed by atoms with van der Waals surface area (Å²) in [5.41, 5.74) is 5.73. The first kappa shape index (κ1) is 17.1. The zero-order valence-corrected chi connectivity index (χ0v) is 14.0. The molecule has 1 amide bonds. The second-order valence-electron chi connectivity index (χ2n) is 6.26. The number of ether oxygens (including phenoxy) is 1. The van der Waals surface area contributed by atoms with Crippen molar-refractivity contribution in [2.45, 2.75) is 37.6 Å². The summed E-state index contributed by atoms with van der Waals surface area (Å²) in [6.45, 7) is 1.63. The van der Waals surface area contributed by atoms with Crippen molar-refractivity contribution in [1.82, 2.24) is 14.8 Å². The van der Waals surface area contributed by atoms with Crippen LogP contribution in [0.15, 0.2) is 30.3 Å². The van der Waals surface area contributed by atoms with Crippen LogP contribution in [-0.4, -0.2) is 33.9 Å². The quantitative estimate of drug-likeness (QED) is 0.848. The van der Waals surface area contributed by atoms with E-state index in [9.17, 15) is 10.1 Å². The Kier molecular flexibility index (Phi) is 5.10. The molecule has 0 unspecified atom stereocenters. The Hall–Kier alpha value is -2.72. The molecule has 0 radical (unpaired) electrons. The lowest BCUT2D eigenvalue weighted by Gasteiger charge is -2.29. The van der Waals surface area contributed by atoms with Gasteiger partial charge in [-0.15, -0.1) is 0 Å². The average Bonchev–Trinajstić information content (AvgIpc) is 3.04. The fraction of sp³-hybridized carbons (Fsp3) is 0.444. The molecule has 1 aromatic carbocycles. The molecule has 3 rings (SSSR count). The van der Waals surface area contributed by atoms with Gasteiger partial charge in [0.25, 0.3) is 0 Å². The van der Waals surface area contributed by atoms with Crippen LogP contribution in [-0.2, 0) is 34.3 Å². The Morgan fingerprint density at radius 1 is 1.32 bits per heavy atom. The minimum atomic E-state index is -0.724.